The zero-order valence-corrected chi connectivity index (χ0v) is 17.6. The topological polar surface area (TPSA) is 105 Å². The minimum absolute atomic E-state index is 0.140. The summed E-state index contributed by atoms with van der Waals surface area (Å²) < 4.78 is 33.5. The number of rotatable bonds is 6. The summed E-state index contributed by atoms with van der Waals surface area (Å²) in [6, 6.07) is 6.38. The highest BCUT2D eigenvalue weighted by Gasteiger charge is 2.32. The summed E-state index contributed by atoms with van der Waals surface area (Å²) in [4.78, 5) is 22.8. The van der Waals surface area contributed by atoms with Gasteiger partial charge in [0.05, 0.1) is 10.6 Å². The van der Waals surface area contributed by atoms with Crippen LogP contribution in [-0.4, -0.2) is 60.9 Å². The first-order chi connectivity index (χ1) is 14.5. The monoisotopic (exact) mass is 431 g/mol. The Bertz CT molecular complexity index is 1010. The van der Waals surface area contributed by atoms with E-state index in [1.54, 1.807) is 24.5 Å². The number of nitrogens with one attached hydrogen (secondary N) is 1. The van der Waals surface area contributed by atoms with Crippen LogP contribution < -0.4 is 15.0 Å². The van der Waals surface area contributed by atoms with Gasteiger partial charge in [-0.05, 0) is 37.1 Å². The summed E-state index contributed by atoms with van der Waals surface area (Å²) in [5.41, 5.74) is 0.394. The summed E-state index contributed by atoms with van der Waals surface area (Å²) in [6.07, 6.45) is 5.30. The van der Waals surface area contributed by atoms with Crippen LogP contribution in [0.4, 0.5) is 11.6 Å². The number of hydrogen-bond acceptors (Lipinski definition) is 7. The van der Waals surface area contributed by atoms with Crippen molar-refractivity contribution in [1.82, 2.24) is 14.3 Å². The molecule has 0 radical (unpaired) electrons. The Labute approximate surface area is 176 Å². The van der Waals surface area contributed by atoms with E-state index in [2.05, 4.69) is 22.2 Å². The maximum absolute atomic E-state index is 13.1. The molecule has 2 aliphatic heterocycles. The lowest BCUT2D eigenvalue weighted by atomic mass is 10.1. The Morgan fingerprint density at radius 3 is 2.60 bits per heavy atom. The fraction of sp³-hybridized carbons (Fsp3) is 0.450. The molecule has 0 unspecified atom stereocenters. The second-order valence-electron chi connectivity index (χ2n) is 7.34. The molecule has 0 saturated carbocycles. The van der Waals surface area contributed by atoms with E-state index in [-0.39, 0.29) is 10.8 Å². The van der Waals surface area contributed by atoms with E-state index in [1.165, 1.54) is 16.4 Å². The number of aromatic nitrogens is 2. The highest BCUT2D eigenvalue weighted by Crippen LogP contribution is 2.34. The number of carbonyl (C=O) groups is 1. The minimum atomic E-state index is -3.69. The van der Waals surface area contributed by atoms with Gasteiger partial charge in [-0.1, -0.05) is 13.3 Å². The van der Waals surface area contributed by atoms with Crippen molar-refractivity contribution >= 4 is 27.6 Å². The van der Waals surface area contributed by atoms with Crippen LogP contribution >= 0.6 is 0 Å². The number of hydrogen-bond donors (Lipinski definition) is 1. The molecule has 1 N–H and O–H groups in total. The van der Waals surface area contributed by atoms with Crippen molar-refractivity contribution in [2.45, 2.75) is 37.2 Å². The van der Waals surface area contributed by atoms with Gasteiger partial charge in [0.1, 0.15) is 5.75 Å². The van der Waals surface area contributed by atoms with Crippen LogP contribution in [0.1, 0.15) is 26.2 Å². The normalized spacial score (nSPS) is 19.7. The molecule has 9 nitrogen and oxygen atoms in total. The van der Waals surface area contributed by atoms with Gasteiger partial charge in [-0.15, -0.1) is 0 Å². The predicted octanol–water partition coefficient (Wildman–Crippen LogP) is 1.88. The van der Waals surface area contributed by atoms with Gasteiger partial charge in [-0.25, -0.2) is 18.4 Å². The SMILES string of the molecule is CCCC[C@H]1Oc2ccc(S(=O)(=O)N3CCN(c4ncccn4)CC3)cc2NC1=O. The lowest BCUT2D eigenvalue weighted by Crippen LogP contribution is -2.49. The van der Waals surface area contributed by atoms with Crippen LogP contribution in [0.2, 0.25) is 0 Å². The zero-order valence-electron chi connectivity index (χ0n) is 16.8. The van der Waals surface area contributed by atoms with Crippen LogP contribution in [0.5, 0.6) is 5.75 Å². The third-order valence-electron chi connectivity index (χ3n) is 5.30. The van der Waals surface area contributed by atoms with Gasteiger partial charge >= 0.3 is 0 Å². The summed E-state index contributed by atoms with van der Waals surface area (Å²) in [7, 11) is -3.69. The molecule has 1 atom stereocenters. The molecule has 1 saturated heterocycles. The molecule has 10 heteroatoms. The summed E-state index contributed by atoms with van der Waals surface area (Å²) in [5.74, 6) is 0.864. The van der Waals surface area contributed by atoms with Crippen LogP contribution in [0.15, 0.2) is 41.6 Å². The second-order valence-corrected chi connectivity index (χ2v) is 9.27. The fourth-order valence-electron chi connectivity index (χ4n) is 3.60. The first kappa shape index (κ1) is 20.5. The molecule has 0 bridgehead atoms. The van der Waals surface area contributed by atoms with E-state index in [0.29, 0.717) is 50.0 Å². The lowest BCUT2D eigenvalue weighted by Gasteiger charge is -2.34. The van der Waals surface area contributed by atoms with Gasteiger partial charge in [0, 0.05) is 38.6 Å². The first-order valence-electron chi connectivity index (χ1n) is 10.1. The van der Waals surface area contributed by atoms with E-state index < -0.39 is 16.1 Å². The highest BCUT2D eigenvalue weighted by atomic mass is 32.2. The fourth-order valence-corrected chi connectivity index (χ4v) is 5.05. The molecule has 0 aliphatic carbocycles. The Hall–Kier alpha value is -2.72. The van der Waals surface area contributed by atoms with Crippen molar-refractivity contribution in [2.75, 3.05) is 36.4 Å². The van der Waals surface area contributed by atoms with Gasteiger partial charge in [0.15, 0.2) is 6.10 Å². The number of anilines is 2. The Kier molecular flexibility index (Phi) is 5.87. The number of nitrogens with zero attached hydrogens (tertiary/aromatic N) is 4. The Morgan fingerprint density at radius 1 is 1.17 bits per heavy atom. The molecule has 4 rings (SSSR count). The quantitative estimate of drug-likeness (QED) is 0.744. The van der Waals surface area contributed by atoms with Crippen molar-refractivity contribution < 1.29 is 17.9 Å². The number of benzene rings is 1. The number of piperazine rings is 1. The average Bonchev–Trinajstić information content (AvgIpc) is 2.78. The smallest absolute Gasteiger partial charge is 0.265 e. The summed E-state index contributed by atoms with van der Waals surface area (Å²) in [6.45, 7) is 3.73. The summed E-state index contributed by atoms with van der Waals surface area (Å²) >= 11 is 0. The highest BCUT2D eigenvalue weighted by molar-refractivity contribution is 7.89. The Balaban J connectivity index is 1.47. The number of carbonyl (C=O) groups excluding carboxylic acids is 1. The molecule has 3 heterocycles. The van der Waals surface area contributed by atoms with Crippen molar-refractivity contribution in [1.29, 1.82) is 0 Å². The molecule has 30 heavy (non-hydrogen) atoms. The van der Waals surface area contributed by atoms with E-state index in [9.17, 15) is 13.2 Å². The number of unbranched alkanes of at least 4 members (excludes halogenated alkanes) is 1. The molecular weight excluding hydrogens is 406 g/mol. The van der Waals surface area contributed by atoms with Crippen LogP contribution in [0.3, 0.4) is 0 Å². The van der Waals surface area contributed by atoms with Crippen molar-refractivity contribution in [3.05, 3.63) is 36.7 Å². The van der Waals surface area contributed by atoms with Crippen LogP contribution in [0.25, 0.3) is 0 Å². The number of amides is 1. The number of fused-ring (bicyclic) bond motifs is 1. The van der Waals surface area contributed by atoms with Gasteiger partial charge < -0.3 is 15.0 Å². The predicted molar refractivity (Wildman–Crippen MR) is 112 cm³/mol. The van der Waals surface area contributed by atoms with Gasteiger partial charge in [-0.2, -0.15) is 4.31 Å². The van der Waals surface area contributed by atoms with E-state index >= 15 is 0 Å². The lowest BCUT2D eigenvalue weighted by molar-refractivity contribution is -0.123. The minimum Gasteiger partial charge on any atom is -0.478 e. The second kappa shape index (κ2) is 8.57. The molecule has 1 fully saturated rings. The molecule has 2 aliphatic rings. The number of sulfonamides is 1. The third kappa shape index (κ3) is 4.10. The average molecular weight is 432 g/mol. The van der Waals surface area contributed by atoms with Crippen molar-refractivity contribution in [3.8, 4) is 5.75 Å². The molecule has 1 aromatic carbocycles. The molecule has 1 amide bonds. The molecule has 2 aromatic rings. The van der Waals surface area contributed by atoms with Crippen LogP contribution in [-0.2, 0) is 14.8 Å². The summed E-state index contributed by atoms with van der Waals surface area (Å²) in [5, 5.41) is 2.79. The van der Waals surface area contributed by atoms with Crippen molar-refractivity contribution in [3.63, 3.8) is 0 Å². The largest absolute Gasteiger partial charge is 0.478 e. The zero-order chi connectivity index (χ0) is 21.1. The maximum atomic E-state index is 13.1. The van der Waals surface area contributed by atoms with Gasteiger partial charge in [0.2, 0.25) is 16.0 Å². The molecule has 0 spiro atoms. The Morgan fingerprint density at radius 2 is 1.90 bits per heavy atom. The first-order valence-corrected chi connectivity index (χ1v) is 11.6. The number of ether oxygens (including phenoxy) is 1. The van der Waals surface area contributed by atoms with Gasteiger partial charge in [0.25, 0.3) is 5.91 Å². The molecule has 160 valence electrons. The maximum Gasteiger partial charge on any atom is 0.265 e. The van der Waals surface area contributed by atoms with E-state index in [4.69, 9.17) is 4.74 Å². The molecule has 1 aromatic heterocycles. The standard InChI is InChI=1S/C20H25N5O4S/c1-2-3-5-18-19(26)23-16-14-15(6-7-17(16)29-18)30(27,28)25-12-10-24(11-13-25)20-21-8-4-9-22-20/h4,6-9,14,18H,2-3,5,10-13H2,1H3,(H,23,26)/t18-/m1/s1. The van der Waals surface area contributed by atoms with E-state index in [1.807, 2.05) is 4.90 Å². The van der Waals surface area contributed by atoms with Crippen molar-refractivity contribution in [2.24, 2.45) is 0 Å². The molecular formula is C20H25N5O4S. The van der Waals surface area contributed by atoms with E-state index in [0.717, 1.165) is 12.8 Å². The van der Waals surface area contributed by atoms with Gasteiger partial charge in [-0.3, -0.25) is 4.79 Å². The third-order valence-corrected chi connectivity index (χ3v) is 7.20. The van der Waals surface area contributed by atoms with Crippen LogP contribution in [0, 0.1) is 0 Å².